The molecule has 0 amide bonds. The van der Waals surface area contributed by atoms with Gasteiger partial charge in [-0.05, 0) is 54.3 Å². The second kappa shape index (κ2) is 7.49. The minimum absolute atomic E-state index is 0.168. The number of hydrogen-bond acceptors (Lipinski definition) is 3. The smallest absolute Gasteiger partial charge is 0.320 e. The van der Waals surface area contributed by atoms with E-state index in [1.807, 2.05) is 31.3 Å². The maximum Gasteiger partial charge on any atom is 0.320 e. The molecule has 1 aliphatic heterocycles. The largest absolute Gasteiger partial charge is 0.480 e. The van der Waals surface area contributed by atoms with Gasteiger partial charge in [0.2, 0.25) is 0 Å². The lowest BCUT2D eigenvalue weighted by Gasteiger charge is -2.39. The van der Waals surface area contributed by atoms with Crippen LogP contribution in [0.2, 0.25) is 0 Å². The highest BCUT2D eigenvalue weighted by Crippen LogP contribution is 2.36. The average Bonchev–Trinajstić information content (AvgIpc) is 2.70. The molecule has 2 heterocycles. The quantitative estimate of drug-likeness (QED) is 0.740. The SMILES string of the molecule is Cc1ccc(C(c2cccc3ccccc23)N2CCCCC2C(=O)O)nc1. The molecule has 1 fully saturated rings. The summed E-state index contributed by atoms with van der Waals surface area (Å²) >= 11 is 0. The Morgan fingerprint density at radius 2 is 1.93 bits per heavy atom. The summed E-state index contributed by atoms with van der Waals surface area (Å²) in [4.78, 5) is 18.8. The van der Waals surface area contributed by atoms with Gasteiger partial charge in [-0.15, -0.1) is 0 Å². The average molecular weight is 360 g/mol. The first-order chi connectivity index (χ1) is 13.1. The first-order valence-electron chi connectivity index (χ1n) is 9.54. The van der Waals surface area contributed by atoms with Crippen molar-refractivity contribution in [3.05, 3.63) is 77.6 Å². The van der Waals surface area contributed by atoms with Crippen LogP contribution in [0.5, 0.6) is 0 Å². The summed E-state index contributed by atoms with van der Waals surface area (Å²) in [6, 6.07) is 18.0. The van der Waals surface area contributed by atoms with Crippen molar-refractivity contribution < 1.29 is 9.90 Å². The van der Waals surface area contributed by atoms with Crippen molar-refractivity contribution in [3.63, 3.8) is 0 Å². The zero-order valence-electron chi connectivity index (χ0n) is 15.5. The van der Waals surface area contributed by atoms with Gasteiger partial charge in [0.25, 0.3) is 0 Å². The summed E-state index contributed by atoms with van der Waals surface area (Å²) in [5.41, 5.74) is 3.13. The fourth-order valence-corrected chi connectivity index (χ4v) is 4.17. The highest BCUT2D eigenvalue weighted by Gasteiger charge is 2.36. The van der Waals surface area contributed by atoms with E-state index in [0.717, 1.165) is 47.0 Å². The zero-order valence-corrected chi connectivity index (χ0v) is 15.5. The number of rotatable bonds is 4. The third kappa shape index (κ3) is 3.45. The van der Waals surface area contributed by atoms with Crippen molar-refractivity contribution in [3.8, 4) is 0 Å². The van der Waals surface area contributed by atoms with E-state index >= 15 is 0 Å². The van der Waals surface area contributed by atoms with Crippen LogP contribution in [0.4, 0.5) is 0 Å². The molecule has 1 aromatic heterocycles. The summed E-state index contributed by atoms with van der Waals surface area (Å²) in [5.74, 6) is -0.743. The Bertz CT molecular complexity index is 947. The molecule has 4 rings (SSSR count). The Kier molecular flexibility index (Phi) is 4.90. The van der Waals surface area contributed by atoms with Gasteiger partial charge in [0.1, 0.15) is 6.04 Å². The molecule has 1 saturated heterocycles. The molecular weight excluding hydrogens is 336 g/mol. The molecule has 0 spiro atoms. The molecule has 2 unspecified atom stereocenters. The fraction of sp³-hybridized carbons (Fsp3) is 0.304. The van der Waals surface area contributed by atoms with Gasteiger partial charge < -0.3 is 5.11 Å². The number of nitrogens with zero attached hydrogens (tertiary/aromatic N) is 2. The first-order valence-corrected chi connectivity index (χ1v) is 9.54. The standard InChI is InChI=1S/C23H24N2O2/c1-16-12-13-20(24-15-16)22(25-14-5-4-11-21(25)23(26)27)19-10-6-8-17-7-2-3-9-18(17)19/h2-3,6-10,12-13,15,21-22H,4-5,11,14H2,1H3,(H,26,27). The van der Waals surface area contributed by atoms with E-state index in [4.69, 9.17) is 4.98 Å². The molecule has 2 aromatic carbocycles. The highest BCUT2D eigenvalue weighted by atomic mass is 16.4. The second-order valence-corrected chi connectivity index (χ2v) is 7.32. The van der Waals surface area contributed by atoms with Gasteiger partial charge >= 0.3 is 5.97 Å². The molecule has 2 atom stereocenters. The minimum atomic E-state index is -0.743. The van der Waals surface area contributed by atoms with Crippen LogP contribution in [0.3, 0.4) is 0 Å². The summed E-state index contributed by atoms with van der Waals surface area (Å²) in [6.45, 7) is 2.78. The molecule has 0 radical (unpaired) electrons. The Morgan fingerprint density at radius 3 is 2.70 bits per heavy atom. The van der Waals surface area contributed by atoms with E-state index < -0.39 is 12.0 Å². The van der Waals surface area contributed by atoms with E-state index in [1.165, 1.54) is 0 Å². The van der Waals surface area contributed by atoms with Crippen LogP contribution < -0.4 is 0 Å². The predicted molar refractivity (Wildman–Crippen MR) is 107 cm³/mol. The number of carboxylic acid groups (broad SMARTS) is 1. The molecule has 4 heteroatoms. The number of aromatic nitrogens is 1. The van der Waals surface area contributed by atoms with Crippen molar-refractivity contribution >= 4 is 16.7 Å². The van der Waals surface area contributed by atoms with Crippen LogP contribution in [-0.4, -0.2) is 33.5 Å². The molecular formula is C23H24N2O2. The maximum atomic E-state index is 12.0. The van der Waals surface area contributed by atoms with Crippen molar-refractivity contribution in [2.75, 3.05) is 6.54 Å². The fourth-order valence-electron chi connectivity index (χ4n) is 4.17. The lowest BCUT2D eigenvalue weighted by Crippen LogP contribution is -2.47. The summed E-state index contributed by atoms with van der Waals surface area (Å²) in [5, 5.41) is 12.2. The van der Waals surface area contributed by atoms with Crippen molar-refractivity contribution in [2.45, 2.75) is 38.3 Å². The number of carbonyl (C=O) groups is 1. The van der Waals surface area contributed by atoms with E-state index in [9.17, 15) is 9.90 Å². The van der Waals surface area contributed by atoms with Crippen LogP contribution in [0.1, 0.15) is 42.1 Å². The Hall–Kier alpha value is -2.72. The number of benzene rings is 2. The van der Waals surface area contributed by atoms with E-state index in [1.54, 1.807) is 0 Å². The monoisotopic (exact) mass is 360 g/mol. The highest BCUT2D eigenvalue weighted by molar-refractivity contribution is 5.86. The van der Waals surface area contributed by atoms with Gasteiger partial charge in [-0.2, -0.15) is 0 Å². The number of carboxylic acids is 1. The third-order valence-corrected chi connectivity index (χ3v) is 5.49. The lowest BCUT2D eigenvalue weighted by atomic mass is 9.91. The summed E-state index contributed by atoms with van der Waals surface area (Å²) < 4.78 is 0. The van der Waals surface area contributed by atoms with Gasteiger partial charge in [-0.1, -0.05) is 55.0 Å². The summed E-state index contributed by atoms with van der Waals surface area (Å²) in [6.07, 6.45) is 4.52. The Morgan fingerprint density at radius 1 is 1.11 bits per heavy atom. The normalized spacial score (nSPS) is 19.1. The number of aliphatic carboxylic acids is 1. The molecule has 1 aliphatic rings. The molecule has 1 N–H and O–H groups in total. The molecule has 0 saturated carbocycles. The molecule has 0 bridgehead atoms. The number of piperidine rings is 1. The van der Waals surface area contributed by atoms with Crippen LogP contribution in [0, 0.1) is 6.92 Å². The Labute approximate surface area is 159 Å². The van der Waals surface area contributed by atoms with E-state index in [-0.39, 0.29) is 6.04 Å². The first kappa shape index (κ1) is 17.7. The van der Waals surface area contributed by atoms with Crippen LogP contribution in [-0.2, 0) is 4.79 Å². The molecule has 3 aromatic rings. The number of likely N-dealkylation sites (tertiary alicyclic amines) is 1. The van der Waals surface area contributed by atoms with Crippen LogP contribution in [0.15, 0.2) is 60.8 Å². The van der Waals surface area contributed by atoms with Crippen molar-refractivity contribution in [2.24, 2.45) is 0 Å². The number of aryl methyl sites for hydroxylation is 1. The van der Waals surface area contributed by atoms with E-state index in [2.05, 4.69) is 41.3 Å². The molecule has 0 aliphatic carbocycles. The van der Waals surface area contributed by atoms with Gasteiger partial charge in [0.05, 0.1) is 11.7 Å². The van der Waals surface area contributed by atoms with Gasteiger partial charge in [0, 0.05) is 6.20 Å². The minimum Gasteiger partial charge on any atom is -0.480 e. The molecule has 27 heavy (non-hydrogen) atoms. The van der Waals surface area contributed by atoms with Gasteiger partial charge in [0.15, 0.2) is 0 Å². The van der Waals surface area contributed by atoms with Gasteiger partial charge in [-0.3, -0.25) is 14.7 Å². The lowest BCUT2D eigenvalue weighted by molar-refractivity contribution is -0.145. The number of hydrogen-bond donors (Lipinski definition) is 1. The predicted octanol–water partition coefficient (Wildman–Crippen LogP) is 4.57. The number of pyridine rings is 1. The Balaban J connectivity index is 1.90. The maximum absolute atomic E-state index is 12.0. The van der Waals surface area contributed by atoms with Crippen LogP contribution >= 0.6 is 0 Å². The topological polar surface area (TPSA) is 53.4 Å². The van der Waals surface area contributed by atoms with Crippen molar-refractivity contribution in [1.82, 2.24) is 9.88 Å². The molecule has 4 nitrogen and oxygen atoms in total. The van der Waals surface area contributed by atoms with Crippen LogP contribution in [0.25, 0.3) is 10.8 Å². The second-order valence-electron chi connectivity index (χ2n) is 7.32. The van der Waals surface area contributed by atoms with E-state index in [0.29, 0.717) is 6.42 Å². The zero-order chi connectivity index (χ0) is 18.8. The molecule has 138 valence electrons. The van der Waals surface area contributed by atoms with Gasteiger partial charge in [-0.25, -0.2) is 0 Å². The number of fused-ring (bicyclic) bond motifs is 1. The summed E-state index contributed by atoms with van der Waals surface area (Å²) in [7, 11) is 0. The third-order valence-electron chi connectivity index (χ3n) is 5.49. The van der Waals surface area contributed by atoms with Crippen molar-refractivity contribution in [1.29, 1.82) is 0 Å².